The number of hydroxylamine groups is 2. The smallest absolute Gasteiger partial charge is 0.329 e. The van der Waals surface area contributed by atoms with E-state index in [1.54, 1.807) is 13.8 Å². The van der Waals surface area contributed by atoms with Crippen LogP contribution in [0.3, 0.4) is 0 Å². The van der Waals surface area contributed by atoms with Crippen molar-refractivity contribution in [3.63, 3.8) is 0 Å². The topological polar surface area (TPSA) is 76.2 Å². The number of nitrogens with zero attached hydrogens (tertiary/aromatic N) is 2. The number of esters is 1. The van der Waals surface area contributed by atoms with Crippen LogP contribution in [0.2, 0.25) is 0 Å². The van der Waals surface area contributed by atoms with Gasteiger partial charge in [-0.1, -0.05) is 74.5 Å². The van der Waals surface area contributed by atoms with Gasteiger partial charge in [0.05, 0.1) is 6.54 Å². The molecule has 32 heavy (non-hydrogen) atoms. The van der Waals surface area contributed by atoms with Gasteiger partial charge in [-0.2, -0.15) is 0 Å². The van der Waals surface area contributed by atoms with Gasteiger partial charge in [-0.05, 0) is 24.0 Å². The van der Waals surface area contributed by atoms with Gasteiger partial charge in [0.25, 0.3) is 5.91 Å². The maximum atomic E-state index is 13.1. The van der Waals surface area contributed by atoms with E-state index >= 15 is 0 Å². The number of hydrogen-bond acceptors (Lipinski definition) is 5. The number of benzene rings is 2. The second kappa shape index (κ2) is 9.12. The molecule has 2 heterocycles. The summed E-state index contributed by atoms with van der Waals surface area (Å²) in [5.74, 6) is -1.32. The number of carbonyl (C=O) groups is 3. The molecule has 2 amide bonds. The first-order chi connectivity index (χ1) is 15.4. The highest BCUT2D eigenvalue weighted by molar-refractivity contribution is 5.99. The molecule has 1 spiro atoms. The average molecular weight is 437 g/mol. The van der Waals surface area contributed by atoms with Gasteiger partial charge in [0.1, 0.15) is 24.8 Å². The largest absolute Gasteiger partial charge is 0.459 e. The summed E-state index contributed by atoms with van der Waals surface area (Å²) < 4.78 is 5.51. The fourth-order valence-electron chi connectivity index (χ4n) is 4.33. The Morgan fingerprint density at radius 3 is 2.16 bits per heavy atom. The van der Waals surface area contributed by atoms with E-state index in [2.05, 4.69) is 0 Å². The van der Waals surface area contributed by atoms with E-state index in [0.29, 0.717) is 12.8 Å². The molecule has 7 nitrogen and oxygen atoms in total. The quantitative estimate of drug-likeness (QED) is 0.493. The first-order valence-corrected chi connectivity index (χ1v) is 10.9. The monoisotopic (exact) mass is 436 g/mol. The summed E-state index contributed by atoms with van der Waals surface area (Å²) in [7, 11) is 0. The Kier molecular flexibility index (Phi) is 6.28. The molecule has 168 valence electrons. The first kappa shape index (κ1) is 22.0. The maximum Gasteiger partial charge on any atom is 0.329 e. The zero-order valence-corrected chi connectivity index (χ0v) is 18.4. The Balaban J connectivity index is 1.44. The van der Waals surface area contributed by atoms with E-state index in [1.165, 1.54) is 9.96 Å². The number of β-lactam (4-membered cyclic amide) rings is 1. The molecule has 2 aliphatic rings. The summed E-state index contributed by atoms with van der Waals surface area (Å²) in [6.45, 7) is 4.19. The van der Waals surface area contributed by atoms with Gasteiger partial charge in [0.2, 0.25) is 5.91 Å². The number of likely N-dealkylation sites (tertiary alicyclic amines) is 1. The molecule has 2 aliphatic heterocycles. The van der Waals surface area contributed by atoms with Crippen molar-refractivity contribution >= 4 is 17.8 Å². The molecule has 7 heteroatoms. The first-order valence-electron chi connectivity index (χ1n) is 10.9. The minimum atomic E-state index is -1.03. The summed E-state index contributed by atoms with van der Waals surface area (Å²) in [5, 5.41) is 1.30. The number of carbonyl (C=O) groups excluding carboxylic acids is 3. The van der Waals surface area contributed by atoms with Gasteiger partial charge in [-0.3, -0.25) is 14.4 Å². The third-order valence-electron chi connectivity index (χ3n) is 6.09. The van der Waals surface area contributed by atoms with Crippen molar-refractivity contribution in [2.24, 2.45) is 5.92 Å². The van der Waals surface area contributed by atoms with E-state index in [0.717, 1.165) is 11.1 Å². The van der Waals surface area contributed by atoms with Crippen molar-refractivity contribution in [3.05, 3.63) is 71.8 Å². The second-order valence-corrected chi connectivity index (χ2v) is 8.64. The molecule has 0 aromatic heterocycles. The molecule has 4 rings (SSSR count). The molecule has 0 radical (unpaired) electrons. The molecular formula is C25H28N2O5. The fraction of sp³-hybridized carbons (Fsp3) is 0.400. The highest BCUT2D eigenvalue weighted by Gasteiger charge is 2.64. The van der Waals surface area contributed by atoms with Crippen LogP contribution < -0.4 is 0 Å². The lowest BCUT2D eigenvalue weighted by Gasteiger charge is -2.50. The molecule has 2 aromatic rings. The lowest BCUT2D eigenvalue weighted by Crippen LogP contribution is -2.74. The minimum absolute atomic E-state index is 0.132. The predicted molar refractivity (Wildman–Crippen MR) is 117 cm³/mol. The van der Waals surface area contributed by atoms with Crippen LogP contribution in [0.4, 0.5) is 0 Å². The normalized spacial score (nSPS) is 22.3. The van der Waals surface area contributed by atoms with E-state index < -0.39 is 17.6 Å². The molecule has 2 fully saturated rings. The molecule has 2 aromatic carbocycles. The Bertz CT molecular complexity index is 978. The van der Waals surface area contributed by atoms with Crippen molar-refractivity contribution in [1.29, 1.82) is 0 Å². The van der Waals surface area contributed by atoms with Crippen molar-refractivity contribution in [2.45, 2.75) is 51.5 Å². The molecule has 2 saturated heterocycles. The Morgan fingerprint density at radius 2 is 1.59 bits per heavy atom. The number of hydrogen-bond donors (Lipinski definition) is 0. The molecular weight excluding hydrogens is 408 g/mol. The Hall–Kier alpha value is -3.19. The van der Waals surface area contributed by atoms with Crippen LogP contribution in [0.5, 0.6) is 0 Å². The Morgan fingerprint density at radius 1 is 1.00 bits per heavy atom. The Labute approximate surface area is 187 Å². The number of rotatable bonds is 7. The van der Waals surface area contributed by atoms with Gasteiger partial charge < -0.3 is 9.64 Å². The predicted octanol–water partition coefficient (Wildman–Crippen LogP) is 3.09. The van der Waals surface area contributed by atoms with Gasteiger partial charge in [-0.25, -0.2) is 9.86 Å². The standard InChI is InChI=1S/C25H28N2O5/c1-18(2)22(28)27-21(23(29)31-15-19-9-5-3-6-10-19)13-14-25(27)17-26(24(25)30)32-16-20-11-7-4-8-12-20/h3-12,18,21H,13-17H2,1-2H3. The van der Waals surface area contributed by atoms with Crippen LogP contribution in [0.15, 0.2) is 60.7 Å². The van der Waals surface area contributed by atoms with Crippen molar-refractivity contribution in [3.8, 4) is 0 Å². The maximum absolute atomic E-state index is 13.1. The molecule has 0 bridgehead atoms. The summed E-state index contributed by atoms with van der Waals surface area (Å²) >= 11 is 0. The van der Waals surface area contributed by atoms with Crippen molar-refractivity contribution in [2.75, 3.05) is 6.54 Å². The number of amides is 2. The van der Waals surface area contributed by atoms with E-state index in [4.69, 9.17) is 9.57 Å². The zero-order valence-electron chi connectivity index (χ0n) is 18.4. The lowest BCUT2D eigenvalue weighted by atomic mass is 9.87. The highest BCUT2D eigenvalue weighted by Crippen LogP contribution is 2.43. The third-order valence-corrected chi connectivity index (χ3v) is 6.09. The fourth-order valence-corrected chi connectivity index (χ4v) is 4.33. The van der Waals surface area contributed by atoms with E-state index in [-0.39, 0.29) is 37.5 Å². The summed E-state index contributed by atoms with van der Waals surface area (Å²) in [4.78, 5) is 46.3. The van der Waals surface area contributed by atoms with Crippen molar-refractivity contribution < 1.29 is 24.0 Å². The second-order valence-electron chi connectivity index (χ2n) is 8.64. The number of ether oxygens (including phenoxy) is 1. The third kappa shape index (κ3) is 4.12. The highest BCUT2D eigenvalue weighted by atomic mass is 16.7. The summed E-state index contributed by atoms with van der Waals surface area (Å²) in [5.41, 5.74) is 0.787. The van der Waals surface area contributed by atoms with Gasteiger partial charge in [0, 0.05) is 5.92 Å². The zero-order chi connectivity index (χ0) is 22.7. The van der Waals surface area contributed by atoms with Crippen LogP contribution in [-0.2, 0) is 37.2 Å². The van der Waals surface area contributed by atoms with Crippen LogP contribution in [0.25, 0.3) is 0 Å². The summed E-state index contributed by atoms with van der Waals surface area (Å²) in [6, 6.07) is 18.2. The van der Waals surface area contributed by atoms with Gasteiger partial charge >= 0.3 is 5.97 Å². The van der Waals surface area contributed by atoms with Crippen LogP contribution in [-0.4, -0.2) is 45.9 Å². The van der Waals surface area contributed by atoms with Crippen LogP contribution in [0.1, 0.15) is 37.8 Å². The van der Waals surface area contributed by atoms with Gasteiger partial charge in [-0.15, -0.1) is 0 Å². The lowest BCUT2D eigenvalue weighted by molar-refractivity contribution is -0.243. The average Bonchev–Trinajstić information content (AvgIpc) is 3.23. The van der Waals surface area contributed by atoms with E-state index in [9.17, 15) is 14.4 Å². The minimum Gasteiger partial charge on any atom is -0.459 e. The molecule has 0 aliphatic carbocycles. The van der Waals surface area contributed by atoms with Crippen molar-refractivity contribution in [1.82, 2.24) is 9.96 Å². The molecule has 2 unspecified atom stereocenters. The molecule has 2 atom stereocenters. The molecule has 0 saturated carbocycles. The van der Waals surface area contributed by atoms with Crippen LogP contribution >= 0.6 is 0 Å². The summed E-state index contributed by atoms with van der Waals surface area (Å²) in [6.07, 6.45) is 0.810. The van der Waals surface area contributed by atoms with Gasteiger partial charge in [0.15, 0.2) is 0 Å². The SMILES string of the molecule is CC(C)C(=O)N1C(C(=O)OCc2ccccc2)CCC12CN(OCc1ccccc1)C2=O. The van der Waals surface area contributed by atoms with Crippen LogP contribution in [0, 0.1) is 5.92 Å². The molecule has 0 N–H and O–H groups in total. The van der Waals surface area contributed by atoms with E-state index in [1.807, 2.05) is 60.7 Å².